The van der Waals surface area contributed by atoms with Crippen LogP contribution in [0, 0.1) is 0 Å². The van der Waals surface area contributed by atoms with E-state index in [-0.39, 0.29) is 31.0 Å². The molecule has 0 saturated carbocycles. The molecule has 6 heteroatoms. The molecule has 18 heavy (non-hydrogen) atoms. The predicted molar refractivity (Wildman–Crippen MR) is 76.1 cm³/mol. The number of halogens is 3. The summed E-state index contributed by atoms with van der Waals surface area (Å²) in [6.45, 7) is 2.19. The molecule has 1 aliphatic rings. The summed E-state index contributed by atoms with van der Waals surface area (Å²) in [6, 6.07) is 5.55. The fraction of sp³-hybridized carbons (Fsp3) is 0.500. The van der Waals surface area contributed by atoms with Gasteiger partial charge in [-0.3, -0.25) is 0 Å². The quantitative estimate of drug-likeness (QED) is 0.881. The molecule has 0 aromatic heterocycles. The number of rotatable bonds is 2. The second kappa shape index (κ2) is 7.53. The van der Waals surface area contributed by atoms with Crippen LogP contribution in [-0.2, 0) is 4.74 Å². The van der Waals surface area contributed by atoms with Gasteiger partial charge in [-0.2, -0.15) is 0 Å². The van der Waals surface area contributed by atoms with Crippen LogP contribution in [0.15, 0.2) is 18.2 Å². The van der Waals surface area contributed by atoms with Crippen LogP contribution >= 0.6 is 35.6 Å². The number of hydrogen-bond donors (Lipinski definition) is 2. The summed E-state index contributed by atoms with van der Waals surface area (Å²) in [5, 5.41) is 13.7. The van der Waals surface area contributed by atoms with Crippen LogP contribution in [0.25, 0.3) is 0 Å². The first kappa shape index (κ1) is 16.0. The van der Waals surface area contributed by atoms with Crippen molar-refractivity contribution < 1.29 is 9.84 Å². The summed E-state index contributed by atoms with van der Waals surface area (Å²) in [6.07, 6.45) is -0.192. The van der Waals surface area contributed by atoms with E-state index in [2.05, 4.69) is 5.32 Å². The van der Waals surface area contributed by atoms with Gasteiger partial charge in [0, 0.05) is 19.0 Å². The van der Waals surface area contributed by atoms with Crippen molar-refractivity contribution in [2.45, 2.75) is 12.0 Å². The minimum atomic E-state index is -0.192. The van der Waals surface area contributed by atoms with Gasteiger partial charge < -0.3 is 15.2 Å². The maximum absolute atomic E-state index is 9.36. The highest BCUT2D eigenvalue weighted by Crippen LogP contribution is 2.29. The minimum Gasteiger partial charge on any atom is -0.394 e. The van der Waals surface area contributed by atoms with Crippen LogP contribution in [-0.4, -0.2) is 37.5 Å². The van der Waals surface area contributed by atoms with Crippen molar-refractivity contribution in [3.05, 3.63) is 33.8 Å². The zero-order valence-electron chi connectivity index (χ0n) is 9.73. The normalized spacial score (nSPS) is 24.2. The van der Waals surface area contributed by atoms with E-state index in [1.54, 1.807) is 6.07 Å². The Balaban J connectivity index is 0.00000162. The van der Waals surface area contributed by atoms with Crippen molar-refractivity contribution in [2.24, 2.45) is 0 Å². The lowest BCUT2D eigenvalue weighted by Gasteiger charge is -2.23. The summed E-state index contributed by atoms with van der Waals surface area (Å²) in [5.41, 5.74) is 1.04. The van der Waals surface area contributed by atoms with Crippen molar-refractivity contribution in [3.63, 3.8) is 0 Å². The Morgan fingerprint density at radius 1 is 1.33 bits per heavy atom. The average molecular weight is 313 g/mol. The Hall–Kier alpha value is -0.0300. The van der Waals surface area contributed by atoms with Crippen molar-refractivity contribution in [1.29, 1.82) is 0 Å². The molecule has 0 unspecified atom stereocenters. The number of ether oxygens (including phenoxy) is 1. The standard InChI is InChI=1S/C12H15Cl2NO2.ClH/c13-10-2-1-8(5-11(10)14)9-6-15-3-4-17-12(9)7-16;/h1-2,5,9,12,15-16H,3-4,6-7H2;1H/t9-,12+;/m1./s1. The molecule has 3 nitrogen and oxygen atoms in total. The molecule has 2 rings (SSSR count). The molecule has 1 aliphatic heterocycles. The number of aliphatic hydroxyl groups excluding tert-OH is 1. The third-order valence-corrected chi connectivity index (χ3v) is 3.71. The van der Waals surface area contributed by atoms with Gasteiger partial charge in [0.15, 0.2) is 0 Å². The molecule has 1 saturated heterocycles. The second-order valence-electron chi connectivity index (χ2n) is 4.08. The first-order chi connectivity index (χ1) is 8.22. The highest BCUT2D eigenvalue weighted by atomic mass is 35.5. The fourth-order valence-electron chi connectivity index (χ4n) is 2.04. The Kier molecular flexibility index (Phi) is 6.71. The van der Waals surface area contributed by atoms with Crippen LogP contribution in [0.3, 0.4) is 0 Å². The summed E-state index contributed by atoms with van der Waals surface area (Å²) >= 11 is 11.9. The van der Waals surface area contributed by atoms with Crippen molar-refractivity contribution >= 4 is 35.6 Å². The molecule has 0 bridgehead atoms. The lowest BCUT2D eigenvalue weighted by atomic mass is 9.93. The average Bonchev–Trinajstić information content (AvgIpc) is 2.57. The maximum atomic E-state index is 9.36. The highest BCUT2D eigenvalue weighted by Gasteiger charge is 2.25. The van der Waals surface area contributed by atoms with E-state index in [4.69, 9.17) is 27.9 Å². The molecule has 1 heterocycles. The molecule has 1 fully saturated rings. The number of aliphatic hydroxyl groups is 1. The second-order valence-corrected chi connectivity index (χ2v) is 4.89. The number of benzene rings is 1. The highest BCUT2D eigenvalue weighted by molar-refractivity contribution is 6.42. The van der Waals surface area contributed by atoms with Gasteiger partial charge in [0.1, 0.15) is 0 Å². The van der Waals surface area contributed by atoms with E-state index in [0.29, 0.717) is 16.7 Å². The fourth-order valence-corrected chi connectivity index (χ4v) is 2.35. The van der Waals surface area contributed by atoms with Crippen LogP contribution in [0.5, 0.6) is 0 Å². The van der Waals surface area contributed by atoms with E-state index in [1.807, 2.05) is 12.1 Å². The minimum absolute atomic E-state index is 0. The third-order valence-electron chi connectivity index (χ3n) is 2.98. The summed E-state index contributed by atoms with van der Waals surface area (Å²) < 4.78 is 5.60. The van der Waals surface area contributed by atoms with Crippen LogP contribution in [0.4, 0.5) is 0 Å². The van der Waals surface area contributed by atoms with E-state index < -0.39 is 0 Å². The lowest BCUT2D eigenvalue weighted by molar-refractivity contribution is 0.0108. The van der Waals surface area contributed by atoms with Gasteiger partial charge >= 0.3 is 0 Å². The topological polar surface area (TPSA) is 41.5 Å². The Labute approximate surface area is 123 Å². The van der Waals surface area contributed by atoms with Crippen LogP contribution < -0.4 is 5.32 Å². The first-order valence-corrected chi connectivity index (χ1v) is 6.36. The molecule has 0 spiro atoms. The molecule has 102 valence electrons. The molecule has 0 radical (unpaired) electrons. The van der Waals surface area contributed by atoms with Gasteiger partial charge in [-0.1, -0.05) is 29.3 Å². The monoisotopic (exact) mass is 311 g/mol. The summed E-state index contributed by atoms with van der Waals surface area (Å²) in [5.74, 6) is 0.0947. The van der Waals surface area contributed by atoms with Crippen molar-refractivity contribution in [3.8, 4) is 0 Å². The molecule has 0 aliphatic carbocycles. The Bertz CT molecular complexity index is 390. The Morgan fingerprint density at radius 2 is 2.11 bits per heavy atom. The van der Waals surface area contributed by atoms with Crippen molar-refractivity contribution in [2.75, 3.05) is 26.3 Å². The Morgan fingerprint density at radius 3 is 2.78 bits per heavy atom. The molecule has 1 aromatic carbocycles. The molecular formula is C12H16Cl3NO2. The lowest BCUT2D eigenvalue weighted by Crippen LogP contribution is -2.29. The van der Waals surface area contributed by atoms with Gasteiger partial charge in [0.2, 0.25) is 0 Å². The van der Waals surface area contributed by atoms with Gasteiger partial charge in [-0.25, -0.2) is 0 Å². The van der Waals surface area contributed by atoms with Crippen LogP contribution in [0.2, 0.25) is 10.0 Å². The van der Waals surface area contributed by atoms with E-state index >= 15 is 0 Å². The molecule has 0 amide bonds. The molecule has 1 aromatic rings. The number of nitrogens with one attached hydrogen (secondary N) is 1. The smallest absolute Gasteiger partial charge is 0.0886 e. The predicted octanol–water partition coefficient (Wildman–Crippen LogP) is 2.48. The van der Waals surface area contributed by atoms with E-state index in [1.165, 1.54) is 0 Å². The number of hydrogen-bond acceptors (Lipinski definition) is 3. The van der Waals surface area contributed by atoms with Gasteiger partial charge in [-0.05, 0) is 17.7 Å². The van der Waals surface area contributed by atoms with Crippen molar-refractivity contribution in [1.82, 2.24) is 5.32 Å². The largest absolute Gasteiger partial charge is 0.394 e. The molecular weight excluding hydrogens is 296 g/mol. The maximum Gasteiger partial charge on any atom is 0.0886 e. The van der Waals surface area contributed by atoms with Gasteiger partial charge in [-0.15, -0.1) is 12.4 Å². The third kappa shape index (κ3) is 3.73. The molecule has 2 atom stereocenters. The zero-order chi connectivity index (χ0) is 12.3. The van der Waals surface area contributed by atoms with E-state index in [0.717, 1.165) is 18.7 Å². The zero-order valence-corrected chi connectivity index (χ0v) is 12.1. The van der Waals surface area contributed by atoms with Crippen LogP contribution in [0.1, 0.15) is 11.5 Å². The summed E-state index contributed by atoms with van der Waals surface area (Å²) in [7, 11) is 0. The van der Waals surface area contributed by atoms with E-state index in [9.17, 15) is 5.11 Å². The first-order valence-electron chi connectivity index (χ1n) is 5.60. The van der Waals surface area contributed by atoms with Gasteiger partial charge in [0.05, 0.1) is 29.4 Å². The SMILES string of the molecule is Cl.OC[C@@H]1OCCNC[C@@H]1c1ccc(Cl)c(Cl)c1. The van der Waals surface area contributed by atoms with Gasteiger partial charge in [0.25, 0.3) is 0 Å². The molecule has 2 N–H and O–H groups in total. The summed E-state index contributed by atoms with van der Waals surface area (Å²) in [4.78, 5) is 0.